The van der Waals surface area contributed by atoms with Crippen molar-refractivity contribution in [3.8, 4) is 5.75 Å². The van der Waals surface area contributed by atoms with E-state index in [-0.39, 0.29) is 5.91 Å². The van der Waals surface area contributed by atoms with Gasteiger partial charge >= 0.3 is 0 Å². The first kappa shape index (κ1) is 15.9. The third-order valence-electron chi connectivity index (χ3n) is 2.62. The molecule has 0 aliphatic carbocycles. The highest BCUT2D eigenvalue weighted by molar-refractivity contribution is 9.10. The fraction of sp³-hybridized carbons (Fsp3) is 0.0625. The Morgan fingerprint density at radius 2 is 2.32 bits per heavy atom. The van der Waals surface area contributed by atoms with E-state index in [1.54, 1.807) is 24.4 Å². The van der Waals surface area contributed by atoms with Crippen molar-refractivity contribution >= 4 is 28.1 Å². The first-order valence-electron chi connectivity index (χ1n) is 6.47. The Morgan fingerprint density at radius 3 is 3.05 bits per heavy atom. The maximum absolute atomic E-state index is 11.8. The zero-order valence-corrected chi connectivity index (χ0v) is 13.3. The molecule has 0 saturated heterocycles. The van der Waals surface area contributed by atoms with Crippen LogP contribution < -0.4 is 10.2 Å². The topological polar surface area (TPSA) is 63.6 Å². The van der Waals surface area contributed by atoms with Crippen molar-refractivity contribution in [1.29, 1.82) is 0 Å². The van der Waals surface area contributed by atoms with Crippen molar-refractivity contribution in [2.24, 2.45) is 5.10 Å². The quantitative estimate of drug-likeness (QED) is 0.489. The van der Waals surface area contributed by atoms with Crippen LogP contribution in [0.25, 0.3) is 0 Å². The van der Waals surface area contributed by atoms with E-state index in [2.05, 4.69) is 38.0 Å². The Hall–Kier alpha value is -2.47. The van der Waals surface area contributed by atoms with Crippen LogP contribution in [-0.2, 0) is 0 Å². The summed E-state index contributed by atoms with van der Waals surface area (Å²) in [7, 11) is 0. The fourth-order valence-electron chi connectivity index (χ4n) is 1.62. The van der Waals surface area contributed by atoms with Gasteiger partial charge in [0.2, 0.25) is 0 Å². The van der Waals surface area contributed by atoms with E-state index in [9.17, 15) is 4.79 Å². The largest absolute Gasteiger partial charge is 0.489 e. The van der Waals surface area contributed by atoms with Gasteiger partial charge in [-0.05, 0) is 30.3 Å². The van der Waals surface area contributed by atoms with Crippen molar-refractivity contribution in [1.82, 2.24) is 10.4 Å². The number of rotatable bonds is 6. The van der Waals surface area contributed by atoms with Crippen LogP contribution in [0.3, 0.4) is 0 Å². The summed E-state index contributed by atoms with van der Waals surface area (Å²) in [6, 6.07) is 8.88. The number of amides is 1. The molecule has 2 rings (SSSR count). The van der Waals surface area contributed by atoms with Crippen molar-refractivity contribution in [2.75, 3.05) is 6.61 Å². The average molecular weight is 360 g/mol. The van der Waals surface area contributed by atoms with Crippen LogP contribution in [0, 0.1) is 0 Å². The smallest absolute Gasteiger partial charge is 0.272 e. The van der Waals surface area contributed by atoms with Gasteiger partial charge in [0.15, 0.2) is 0 Å². The first-order chi connectivity index (χ1) is 10.7. The molecule has 0 bridgehead atoms. The number of halogens is 1. The number of aromatic nitrogens is 1. The van der Waals surface area contributed by atoms with Crippen LogP contribution in [0.5, 0.6) is 5.75 Å². The summed E-state index contributed by atoms with van der Waals surface area (Å²) in [5.74, 6) is 0.329. The molecule has 5 nitrogen and oxygen atoms in total. The highest BCUT2D eigenvalue weighted by Crippen LogP contribution is 2.21. The monoisotopic (exact) mass is 359 g/mol. The van der Waals surface area contributed by atoms with Gasteiger partial charge in [0.05, 0.1) is 11.8 Å². The molecule has 0 spiro atoms. The lowest BCUT2D eigenvalue weighted by Gasteiger charge is -2.07. The summed E-state index contributed by atoms with van der Waals surface area (Å²) in [4.78, 5) is 15.7. The normalized spacial score (nSPS) is 10.4. The van der Waals surface area contributed by atoms with E-state index in [1.165, 1.54) is 12.4 Å². The van der Waals surface area contributed by atoms with Crippen LogP contribution in [-0.4, -0.2) is 23.7 Å². The van der Waals surface area contributed by atoms with E-state index in [0.717, 1.165) is 10.0 Å². The molecule has 6 heteroatoms. The lowest BCUT2D eigenvalue weighted by Crippen LogP contribution is -2.17. The standard InChI is InChI=1S/C16H14BrN3O2/c1-2-8-22-15-6-5-14(17)9-13(15)11-19-20-16(21)12-4-3-7-18-10-12/h2-7,9-11H,1,8H2,(H,20,21)/b19-11-. The number of carbonyl (C=O) groups excluding carboxylic acids is 1. The van der Waals surface area contributed by atoms with Gasteiger partial charge in [-0.2, -0.15) is 5.10 Å². The molecule has 0 unspecified atom stereocenters. The van der Waals surface area contributed by atoms with E-state index in [0.29, 0.717) is 17.9 Å². The Kier molecular flexibility index (Phi) is 5.85. The molecule has 1 heterocycles. The summed E-state index contributed by atoms with van der Waals surface area (Å²) in [6.45, 7) is 4.00. The molecule has 0 aliphatic heterocycles. The summed E-state index contributed by atoms with van der Waals surface area (Å²) in [6.07, 6.45) is 6.26. The van der Waals surface area contributed by atoms with Gasteiger partial charge in [-0.3, -0.25) is 9.78 Å². The second kappa shape index (κ2) is 8.09. The van der Waals surface area contributed by atoms with Crippen LogP contribution in [0.15, 0.2) is 65.0 Å². The molecular weight excluding hydrogens is 346 g/mol. The van der Waals surface area contributed by atoms with Gasteiger partial charge in [-0.1, -0.05) is 28.6 Å². The number of nitrogens with one attached hydrogen (secondary N) is 1. The Morgan fingerprint density at radius 1 is 1.45 bits per heavy atom. The highest BCUT2D eigenvalue weighted by atomic mass is 79.9. The minimum atomic E-state index is -0.326. The van der Waals surface area contributed by atoms with Crippen LogP contribution in [0.2, 0.25) is 0 Å². The second-order valence-electron chi connectivity index (χ2n) is 4.22. The molecule has 2 aromatic rings. The minimum absolute atomic E-state index is 0.326. The summed E-state index contributed by atoms with van der Waals surface area (Å²) in [5, 5.41) is 3.95. The number of hydrazone groups is 1. The molecular formula is C16H14BrN3O2. The van der Waals surface area contributed by atoms with Crippen molar-refractivity contribution in [3.05, 3.63) is 71.0 Å². The third-order valence-corrected chi connectivity index (χ3v) is 3.12. The number of benzene rings is 1. The van der Waals surface area contributed by atoms with Crippen molar-refractivity contribution in [3.63, 3.8) is 0 Å². The number of nitrogens with zero attached hydrogens (tertiary/aromatic N) is 2. The molecule has 0 aliphatic rings. The lowest BCUT2D eigenvalue weighted by molar-refractivity contribution is 0.0955. The molecule has 0 radical (unpaired) electrons. The molecule has 0 atom stereocenters. The molecule has 22 heavy (non-hydrogen) atoms. The van der Waals surface area contributed by atoms with Gasteiger partial charge in [0.1, 0.15) is 12.4 Å². The lowest BCUT2D eigenvalue weighted by atomic mass is 10.2. The van der Waals surface area contributed by atoms with Gasteiger partial charge in [-0.25, -0.2) is 5.43 Å². The summed E-state index contributed by atoms with van der Waals surface area (Å²) in [5.41, 5.74) is 3.63. The SMILES string of the molecule is C=CCOc1ccc(Br)cc1/C=N\NC(=O)c1cccnc1. The zero-order valence-electron chi connectivity index (χ0n) is 11.7. The molecule has 1 N–H and O–H groups in total. The van der Waals surface area contributed by atoms with Gasteiger partial charge < -0.3 is 4.74 Å². The van der Waals surface area contributed by atoms with E-state index >= 15 is 0 Å². The molecule has 112 valence electrons. The average Bonchev–Trinajstić information content (AvgIpc) is 2.55. The second-order valence-corrected chi connectivity index (χ2v) is 5.14. The first-order valence-corrected chi connectivity index (χ1v) is 7.26. The number of hydrogen-bond donors (Lipinski definition) is 1. The minimum Gasteiger partial charge on any atom is -0.489 e. The van der Waals surface area contributed by atoms with Crippen molar-refractivity contribution in [2.45, 2.75) is 0 Å². The third kappa shape index (κ3) is 4.53. The maximum atomic E-state index is 11.8. The Labute approximate surface area is 136 Å². The fourth-order valence-corrected chi connectivity index (χ4v) is 2.00. The predicted octanol–water partition coefficient (Wildman–Crippen LogP) is 3.17. The Balaban J connectivity index is 2.07. The molecule has 1 amide bonds. The van der Waals surface area contributed by atoms with Gasteiger partial charge in [0.25, 0.3) is 5.91 Å². The predicted molar refractivity (Wildman–Crippen MR) is 89.1 cm³/mol. The molecule has 0 saturated carbocycles. The maximum Gasteiger partial charge on any atom is 0.272 e. The number of ether oxygens (including phenoxy) is 1. The van der Waals surface area contributed by atoms with Gasteiger partial charge in [-0.15, -0.1) is 0 Å². The van der Waals surface area contributed by atoms with E-state index in [1.807, 2.05) is 18.2 Å². The number of carbonyl (C=O) groups is 1. The number of hydrogen-bond acceptors (Lipinski definition) is 4. The molecule has 1 aromatic carbocycles. The van der Waals surface area contributed by atoms with Crippen LogP contribution >= 0.6 is 15.9 Å². The van der Waals surface area contributed by atoms with Crippen molar-refractivity contribution < 1.29 is 9.53 Å². The summed E-state index contributed by atoms with van der Waals surface area (Å²) >= 11 is 3.39. The Bertz CT molecular complexity index is 687. The van der Waals surface area contributed by atoms with E-state index < -0.39 is 0 Å². The highest BCUT2D eigenvalue weighted by Gasteiger charge is 2.04. The van der Waals surface area contributed by atoms with E-state index in [4.69, 9.17) is 4.74 Å². The number of pyridine rings is 1. The molecule has 1 aromatic heterocycles. The van der Waals surface area contributed by atoms with Crippen LogP contribution in [0.4, 0.5) is 0 Å². The zero-order chi connectivity index (χ0) is 15.8. The van der Waals surface area contributed by atoms with Crippen LogP contribution in [0.1, 0.15) is 15.9 Å². The summed E-state index contributed by atoms with van der Waals surface area (Å²) < 4.78 is 6.42. The molecule has 0 fully saturated rings. The van der Waals surface area contributed by atoms with Gasteiger partial charge in [0, 0.05) is 22.4 Å².